The predicted octanol–water partition coefficient (Wildman–Crippen LogP) is 2.53. The lowest BCUT2D eigenvalue weighted by molar-refractivity contribution is -0.197. The zero-order valence-corrected chi connectivity index (χ0v) is 27.4. The van der Waals surface area contributed by atoms with Crippen LogP contribution in [0.25, 0.3) is 0 Å². The van der Waals surface area contributed by atoms with Gasteiger partial charge in [0.2, 0.25) is 17.7 Å². The van der Waals surface area contributed by atoms with Crippen molar-refractivity contribution in [2.45, 2.75) is 83.1 Å². The molecule has 13 heteroatoms. The number of unbranched alkanes of at least 4 members (excludes halogenated alkanes) is 4. The number of hydrogen-bond donors (Lipinski definition) is 4. The average molecular weight is 664 g/mol. The quantitative estimate of drug-likeness (QED) is 0.123. The SMILES string of the molecule is CC(=O)NC(C(=O)NCCCCC(=O)NCCCCCCNC(=O)CCC(=O)ON1C(=O)CCC1=O)(c1ccccc1)c1ccccc1. The lowest BCUT2D eigenvalue weighted by atomic mass is 9.81. The number of hydrogen-bond acceptors (Lipinski definition) is 8. The third-order valence-corrected chi connectivity index (χ3v) is 7.74. The van der Waals surface area contributed by atoms with Crippen molar-refractivity contribution in [2.24, 2.45) is 0 Å². The van der Waals surface area contributed by atoms with Gasteiger partial charge in [-0.1, -0.05) is 73.5 Å². The zero-order chi connectivity index (χ0) is 34.8. The van der Waals surface area contributed by atoms with Crippen LogP contribution in [-0.2, 0) is 43.9 Å². The Hall–Kier alpha value is -5.07. The number of benzene rings is 2. The van der Waals surface area contributed by atoms with E-state index in [1.54, 1.807) is 0 Å². The van der Waals surface area contributed by atoms with Gasteiger partial charge in [-0.2, -0.15) is 0 Å². The van der Waals surface area contributed by atoms with Crippen LogP contribution in [0.4, 0.5) is 0 Å². The fourth-order valence-corrected chi connectivity index (χ4v) is 5.27. The number of amides is 6. The van der Waals surface area contributed by atoms with Crippen LogP contribution in [0.5, 0.6) is 0 Å². The van der Waals surface area contributed by atoms with Gasteiger partial charge in [0.1, 0.15) is 0 Å². The molecule has 0 aliphatic carbocycles. The van der Waals surface area contributed by atoms with Crippen LogP contribution in [-0.4, -0.2) is 66.1 Å². The molecule has 1 aliphatic heterocycles. The number of nitrogens with one attached hydrogen (secondary N) is 4. The minimum atomic E-state index is -1.40. The zero-order valence-electron chi connectivity index (χ0n) is 27.4. The van der Waals surface area contributed by atoms with Gasteiger partial charge in [-0.05, 0) is 36.8 Å². The Kier molecular flexibility index (Phi) is 15.2. The van der Waals surface area contributed by atoms with Crippen LogP contribution in [0.2, 0.25) is 0 Å². The number of carbonyl (C=O) groups excluding carboxylic acids is 7. The van der Waals surface area contributed by atoms with Crippen LogP contribution in [0.1, 0.15) is 88.7 Å². The van der Waals surface area contributed by atoms with Crippen molar-refractivity contribution in [2.75, 3.05) is 19.6 Å². The van der Waals surface area contributed by atoms with E-state index < -0.39 is 23.3 Å². The molecule has 48 heavy (non-hydrogen) atoms. The molecule has 4 N–H and O–H groups in total. The Bertz CT molecular complexity index is 1360. The minimum absolute atomic E-state index is 0.0116. The summed E-state index contributed by atoms with van der Waals surface area (Å²) >= 11 is 0. The highest BCUT2D eigenvalue weighted by Gasteiger charge is 2.42. The molecule has 2 aromatic carbocycles. The van der Waals surface area contributed by atoms with E-state index in [9.17, 15) is 33.6 Å². The molecular weight excluding hydrogens is 618 g/mol. The summed E-state index contributed by atoms with van der Waals surface area (Å²) in [6.07, 6.45) is 4.43. The largest absolute Gasteiger partial charge is 0.356 e. The minimum Gasteiger partial charge on any atom is -0.356 e. The van der Waals surface area contributed by atoms with Crippen molar-refractivity contribution in [1.29, 1.82) is 0 Å². The molecule has 6 amide bonds. The molecule has 13 nitrogen and oxygen atoms in total. The molecule has 0 atom stereocenters. The molecule has 0 unspecified atom stereocenters. The first-order valence-corrected chi connectivity index (χ1v) is 16.4. The van der Waals surface area contributed by atoms with E-state index in [4.69, 9.17) is 4.84 Å². The number of nitrogens with zero attached hydrogens (tertiary/aromatic N) is 1. The first kappa shape index (κ1) is 37.4. The Labute approximate surface area is 280 Å². The van der Waals surface area contributed by atoms with E-state index >= 15 is 0 Å². The van der Waals surface area contributed by atoms with Crippen molar-refractivity contribution in [3.63, 3.8) is 0 Å². The normalized spacial score (nSPS) is 12.7. The Morgan fingerprint density at radius 3 is 1.65 bits per heavy atom. The van der Waals surface area contributed by atoms with Gasteiger partial charge in [0.15, 0.2) is 5.54 Å². The molecule has 0 spiro atoms. The number of carbonyl (C=O) groups is 7. The molecule has 0 bridgehead atoms. The molecule has 0 aromatic heterocycles. The van der Waals surface area contributed by atoms with Crippen LogP contribution in [0, 0.1) is 0 Å². The second kappa shape index (κ2) is 19.6. The fourth-order valence-electron chi connectivity index (χ4n) is 5.27. The summed E-state index contributed by atoms with van der Waals surface area (Å²) in [4.78, 5) is 89.6. The maximum Gasteiger partial charge on any atom is 0.333 e. The van der Waals surface area contributed by atoms with Crippen molar-refractivity contribution in [3.05, 3.63) is 71.8 Å². The molecule has 258 valence electrons. The van der Waals surface area contributed by atoms with Crippen molar-refractivity contribution >= 4 is 41.4 Å². The van der Waals surface area contributed by atoms with Crippen LogP contribution >= 0.6 is 0 Å². The highest BCUT2D eigenvalue weighted by molar-refractivity contribution is 6.01. The summed E-state index contributed by atoms with van der Waals surface area (Å²) in [6.45, 7) is 2.71. The molecule has 1 saturated heterocycles. The second-order valence-corrected chi connectivity index (χ2v) is 11.5. The van der Waals surface area contributed by atoms with Crippen molar-refractivity contribution < 1.29 is 38.4 Å². The summed E-state index contributed by atoms with van der Waals surface area (Å²) in [5.74, 6) is -3.02. The molecule has 3 rings (SSSR count). The van der Waals surface area contributed by atoms with Gasteiger partial charge in [0.25, 0.3) is 17.7 Å². The summed E-state index contributed by atoms with van der Waals surface area (Å²) in [6, 6.07) is 18.2. The van der Waals surface area contributed by atoms with Gasteiger partial charge < -0.3 is 26.1 Å². The van der Waals surface area contributed by atoms with E-state index in [2.05, 4.69) is 21.3 Å². The summed E-state index contributed by atoms with van der Waals surface area (Å²) in [5.41, 5.74) is -0.116. The molecule has 2 aromatic rings. The first-order chi connectivity index (χ1) is 23.1. The highest BCUT2D eigenvalue weighted by atomic mass is 16.7. The molecule has 1 fully saturated rings. The number of imide groups is 1. The van der Waals surface area contributed by atoms with E-state index in [1.807, 2.05) is 60.7 Å². The second-order valence-electron chi connectivity index (χ2n) is 11.5. The molecule has 1 aliphatic rings. The third kappa shape index (κ3) is 11.6. The lowest BCUT2D eigenvalue weighted by Crippen LogP contribution is -2.56. The molecular formula is C35H45N5O8. The van der Waals surface area contributed by atoms with Crippen molar-refractivity contribution in [3.8, 4) is 0 Å². The van der Waals surface area contributed by atoms with Crippen molar-refractivity contribution in [1.82, 2.24) is 26.3 Å². The number of hydroxylamine groups is 2. The van der Waals surface area contributed by atoms with E-state index in [0.29, 0.717) is 55.1 Å². The van der Waals surface area contributed by atoms with E-state index in [0.717, 1.165) is 25.7 Å². The maximum absolute atomic E-state index is 13.7. The van der Waals surface area contributed by atoms with Gasteiger partial charge in [-0.25, -0.2) is 4.79 Å². The fraction of sp³-hybridized carbons (Fsp3) is 0.457. The molecule has 0 radical (unpaired) electrons. The first-order valence-electron chi connectivity index (χ1n) is 16.4. The van der Waals surface area contributed by atoms with Crippen LogP contribution in [0.3, 0.4) is 0 Å². The predicted molar refractivity (Wildman–Crippen MR) is 175 cm³/mol. The topological polar surface area (TPSA) is 180 Å². The molecule has 0 saturated carbocycles. The average Bonchev–Trinajstić information content (AvgIpc) is 3.39. The van der Waals surface area contributed by atoms with Gasteiger partial charge >= 0.3 is 5.97 Å². The Balaban J connectivity index is 1.25. The van der Waals surface area contributed by atoms with Gasteiger partial charge in [-0.3, -0.25) is 28.8 Å². The lowest BCUT2D eigenvalue weighted by Gasteiger charge is -2.34. The third-order valence-electron chi connectivity index (χ3n) is 7.74. The van der Waals surface area contributed by atoms with Gasteiger partial charge in [-0.15, -0.1) is 5.06 Å². The van der Waals surface area contributed by atoms with E-state index in [1.165, 1.54) is 6.92 Å². The van der Waals surface area contributed by atoms with Crippen LogP contribution < -0.4 is 21.3 Å². The van der Waals surface area contributed by atoms with Crippen LogP contribution in [0.15, 0.2) is 60.7 Å². The van der Waals surface area contributed by atoms with Gasteiger partial charge in [0.05, 0.1) is 6.42 Å². The smallest absolute Gasteiger partial charge is 0.333 e. The monoisotopic (exact) mass is 663 g/mol. The summed E-state index contributed by atoms with van der Waals surface area (Å²) in [7, 11) is 0. The summed E-state index contributed by atoms with van der Waals surface area (Å²) < 4.78 is 0. The highest BCUT2D eigenvalue weighted by Crippen LogP contribution is 2.30. The standard InChI is InChI=1S/C35H45N5O8/c1-26(41)39-35(27-14-6-4-7-15-27,28-16-8-5-9-17-28)34(47)38-25-13-10-18-29(42)36-23-11-2-3-12-24-37-30(43)19-22-33(46)48-40-31(44)20-21-32(40)45/h4-9,14-17H,2-3,10-13,18-25H2,1H3,(H,36,42)(H,37,43)(H,38,47)(H,39,41). The van der Waals surface area contributed by atoms with Gasteiger partial charge in [0, 0.05) is 52.2 Å². The Morgan fingerprint density at radius 1 is 0.646 bits per heavy atom. The Morgan fingerprint density at radius 2 is 1.12 bits per heavy atom. The number of rotatable bonds is 20. The molecule has 1 heterocycles. The van der Waals surface area contributed by atoms with E-state index in [-0.39, 0.29) is 49.3 Å². The maximum atomic E-state index is 13.7. The summed E-state index contributed by atoms with van der Waals surface area (Å²) in [5, 5.41) is 11.9.